The Kier molecular flexibility index (Phi) is 7.42. The van der Waals surface area contributed by atoms with Crippen LogP contribution < -0.4 is 38.6 Å². The van der Waals surface area contributed by atoms with Gasteiger partial charge in [0.05, 0.1) is 54.3 Å². The summed E-state index contributed by atoms with van der Waals surface area (Å²) >= 11 is 0. The summed E-state index contributed by atoms with van der Waals surface area (Å²) in [4.78, 5) is 13.6. The first-order valence-corrected chi connectivity index (χ1v) is 10.3. The van der Waals surface area contributed by atoms with E-state index in [0.29, 0.717) is 47.5 Å². The third-order valence-electron chi connectivity index (χ3n) is 4.96. The minimum absolute atomic E-state index is 0.0263. The van der Waals surface area contributed by atoms with Crippen molar-refractivity contribution in [2.75, 3.05) is 48.8 Å². The van der Waals surface area contributed by atoms with Crippen LogP contribution in [0.15, 0.2) is 27.4 Å². The molecule has 0 radical (unpaired) electrons. The highest BCUT2D eigenvalue weighted by atomic mass is 16.5. The highest BCUT2D eigenvalue weighted by Gasteiger charge is 2.27. The van der Waals surface area contributed by atoms with E-state index in [9.17, 15) is 4.79 Å². The first kappa shape index (κ1) is 23.9. The standard InChI is InChI=1S/C24H28O9/c1-8-31-14-11-16(27-4)15(26-3)10-13(14)21-24(30-7)20(25)19-17(33-21)12-18(28-5)22(32-9-2)23(19)29-6/h10-12H,8-9H2,1-7H3. The smallest absolute Gasteiger partial charge is 0.239 e. The van der Waals surface area contributed by atoms with E-state index in [2.05, 4.69) is 0 Å². The van der Waals surface area contributed by atoms with E-state index >= 15 is 0 Å². The van der Waals surface area contributed by atoms with Crippen molar-refractivity contribution in [1.29, 1.82) is 0 Å². The summed E-state index contributed by atoms with van der Waals surface area (Å²) in [7, 11) is 7.37. The normalized spacial score (nSPS) is 10.6. The maximum atomic E-state index is 13.6. The molecule has 0 amide bonds. The van der Waals surface area contributed by atoms with E-state index in [1.807, 2.05) is 13.8 Å². The Morgan fingerprint density at radius 1 is 0.667 bits per heavy atom. The van der Waals surface area contributed by atoms with Crippen molar-refractivity contribution in [3.63, 3.8) is 0 Å². The summed E-state index contributed by atoms with van der Waals surface area (Å²) < 4.78 is 45.0. The molecular formula is C24H28O9. The molecule has 0 saturated heterocycles. The van der Waals surface area contributed by atoms with E-state index in [1.165, 1.54) is 35.5 Å². The molecule has 0 spiro atoms. The number of ether oxygens (including phenoxy) is 7. The van der Waals surface area contributed by atoms with Crippen LogP contribution in [-0.2, 0) is 0 Å². The van der Waals surface area contributed by atoms with Crippen molar-refractivity contribution in [1.82, 2.24) is 0 Å². The molecule has 0 aliphatic carbocycles. The van der Waals surface area contributed by atoms with Crippen LogP contribution in [0.2, 0.25) is 0 Å². The summed E-state index contributed by atoms with van der Waals surface area (Å²) in [5.74, 6) is 2.33. The van der Waals surface area contributed by atoms with Crippen molar-refractivity contribution in [3.05, 3.63) is 28.4 Å². The third kappa shape index (κ3) is 4.18. The Bertz CT molecular complexity index is 1200. The van der Waals surface area contributed by atoms with Crippen molar-refractivity contribution in [2.24, 2.45) is 0 Å². The molecule has 9 heteroatoms. The zero-order valence-electron chi connectivity index (χ0n) is 19.8. The summed E-state index contributed by atoms with van der Waals surface area (Å²) in [5.41, 5.74) is 0.244. The minimum atomic E-state index is -0.438. The summed E-state index contributed by atoms with van der Waals surface area (Å²) in [6.45, 7) is 4.39. The topological polar surface area (TPSA) is 94.8 Å². The number of hydrogen-bond donors (Lipinski definition) is 0. The second-order valence-electron chi connectivity index (χ2n) is 6.68. The fraction of sp³-hybridized carbons (Fsp3) is 0.375. The van der Waals surface area contributed by atoms with Crippen LogP contribution in [0.5, 0.6) is 40.2 Å². The molecule has 0 fully saturated rings. The molecule has 0 N–H and O–H groups in total. The molecule has 0 saturated carbocycles. The average molecular weight is 460 g/mol. The van der Waals surface area contributed by atoms with Crippen molar-refractivity contribution in [3.8, 4) is 51.6 Å². The zero-order valence-corrected chi connectivity index (χ0v) is 19.8. The van der Waals surface area contributed by atoms with Gasteiger partial charge in [-0.15, -0.1) is 0 Å². The molecule has 0 aliphatic heterocycles. The maximum Gasteiger partial charge on any atom is 0.239 e. The van der Waals surface area contributed by atoms with Gasteiger partial charge in [-0.25, -0.2) is 0 Å². The van der Waals surface area contributed by atoms with E-state index in [-0.39, 0.29) is 28.2 Å². The Hall–Kier alpha value is -3.75. The van der Waals surface area contributed by atoms with Crippen LogP contribution in [0, 0.1) is 0 Å². The quantitative estimate of drug-likeness (QED) is 0.439. The van der Waals surface area contributed by atoms with Crippen molar-refractivity contribution < 1.29 is 37.6 Å². The first-order chi connectivity index (χ1) is 16.0. The lowest BCUT2D eigenvalue weighted by atomic mass is 10.1. The molecule has 0 atom stereocenters. The second-order valence-corrected chi connectivity index (χ2v) is 6.68. The van der Waals surface area contributed by atoms with E-state index in [1.54, 1.807) is 18.2 Å². The molecule has 9 nitrogen and oxygen atoms in total. The van der Waals surface area contributed by atoms with E-state index in [4.69, 9.17) is 37.6 Å². The third-order valence-corrected chi connectivity index (χ3v) is 4.96. The Morgan fingerprint density at radius 2 is 1.27 bits per heavy atom. The predicted octanol–water partition coefficient (Wildman–Crippen LogP) is 4.30. The lowest BCUT2D eigenvalue weighted by Crippen LogP contribution is -2.11. The van der Waals surface area contributed by atoms with Gasteiger partial charge in [0.2, 0.25) is 16.9 Å². The van der Waals surface area contributed by atoms with Gasteiger partial charge in [0, 0.05) is 12.1 Å². The number of methoxy groups -OCH3 is 5. The largest absolute Gasteiger partial charge is 0.493 e. The second kappa shape index (κ2) is 10.2. The van der Waals surface area contributed by atoms with Crippen LogP contribution >= 0.6 is 0 Å². The zero-order chi connectivity index (χ0) is 24.1. The van der Waals surface area contributed by atoms with Gasteiger partial charge in [-0.2, -0.15) is 0 Å². The molecule has 0 unspecified atom stereocenters. The molecule has 3 rings (SSSR count). The molecular weight excluding hydrogens is 432 g/mol. The van der Waals surface area contributed by atoms with Gasteiger partial charge in [0.1, 0.15) is 16.7 Å². The molecule has 0 bridgehead atoms. The van der Waals surface area contributed by atoms with E-state index < -0.39 is 5.43 Å². The molecule has 2 aromatic carbocycles. The number of fused-ring (bicyclic) bond motifs is 1. The summed E-state index contributed by atoms with van der Waals surface area (Å²) in [6.07, 6.45) is 0. The molecule has 0 aliphatic rings. The molecule has 1 aromatic heterocycles. The van der Waals surface area contributed by atoms with Crippen LogP contribution in [0.4, 0.5) is 0 Å². The highest BCUT2D eigenvalue weighted by Crippen LogP contribution is 2.47. The van der Waals surface area contributed by atoms with Gasteiger partial charge in [0.25, 0.3) is 0 Å². The summed E-state index contributed by atoms with van der Waals surface area (Å²) in [6, 6.07) is 4.91. The van der Waals surface area contributed by atoms with Gasteiger partial charge in [-0.1, -0.05) is 0 Å². The molecule has 178 valence electrons. The number of hydrogen-bond acceptors (Lipinski definition) is 9. The minimum Gasteiger partial charge on any atom is -0.493 e. The Balaban J connectivity index is 2.45. The fourth-order valence-electron chi connectivity index (χ4n) is 3.57. The van der Waals surface area contributed by atoms with Crippen LogP contribution in [0.3, 0.4) is 0 Å². The number of benzene rings is 2. The van der Waals surface area contributed by atoms with Crippen LogP contribution in [0.25, 0.3) is 22.3 Å². The van der Waals surface area contributed by atoms with Gasteiger partial charge >= 0.3 is 0 Å². The van der Waals surface area contributed by atoms with Crippen molar-refractivity contribution >= 4 is 11.0 Å². The molecule has 3 aromatic rings. The van der Waals surface area contributed by atoms with Gasteiger partial charge < -0.3 is 37.6 Å². The average Bonchev–Trinajstić information content (AvgIpc) is 2.83. The maximum absolute atomic E-state index is 13.6. The van der Waals surface area contributed by atoms with Crippen LogP contribution in [-0.4, -0.2) is 48.8 Å². The fourth-order valence-corrected chi connectivity index (χ4v) is 3.57. The van der Waals surface area contributed by atoms with Crippen LogP contribution in [0.1, 0.15) is 13.8 Å². The SMILES string of the molecule is CCOc1cc(OC)c(OC)cc1-c1oc2cc(OC)c(OCC)c(OC)c2c(=O)c1OC. The van der Waals surface area contributed by atoms with Gasteiger partial charge in [-0.3, -0.25) is 4.79 Å². The van der Waals surface area contributed by atoms with Gasteiger partial charge in [0.15, 0.2) is 28.8 Å². The monoisotopic (exact) mass is 460 g/mol. The molecule has 33 heavy (non-hydrogen) atoms. The highest BCUT2D eigenvalue weighted by molar-refractivity contribution is 5.92. The predicted molar refractivity (Wildman–Crippen MR) is 123 cm³/mol. The first-order valence-electron chi connectivity index (χ1n) is 10.3. The Morgan fingerprint density at radius 3 is 1.82 bits per heavy atom. The lowest BCUT2D eigenvalue weighted by molar-refractivity contribution is 0.289. The van der Waals surface area contributed by atoms with Crippen molar-refractivity contribution in [2.45, 2.75) is 13.8 Å². The molecule has 1 heterocycles. The lowest BCUT2D eigenvalue weighted by Gasteiger charge is -2.18. The Labute approximate surface area is 191 Å². The van der Waals surface area contributed by atoms with E-state index in [0.717, 1.165) is 0 Å². The summed E-state index contributed by atoms with van der Waals surface area (Å²) in [5, 5.41) is 0.167. The van der Waals surface area contributed by atoms with Gasteiger partial charge in [-0.05, 0) is 19.9 Å². The number of rotatable bonds is 10.